The highest BCUT2D eigenvalue weighted by Gasteiger charge is 2.06. The summed E-state index contributed by atoms with van der Waals surface area (Å²) in [6, 6.07) is 1.76. The number of carboxylic acids is 1. The van der Waals surface area contributed by atoms with Gasteiger partial charge in [-0.15, -0.1) is 0 Å². The summed E-state index contributed by atoms with van der Waals surface area (Å²) >= 11 is 5.38. The quantitative estimate of drug-likeness (QED) is 0.650. The molecule has 0 unspecified atom stereocenters. The van der Waals surface area contributed by atoms with Crippen LogP contribution in [0.2, 0.25) is 5.02 Å². The molecule has 12 heavy (non-hydrogen) atoms. The first-order valence-corrected chi connectivity index (χ1v) is 3.36. The standard InChI is InChI=1S/C7H5ClFNO2/c8-4-2-5(9)6(10)1-3(4)7(11)12/h1-2H,10H2,(H,11,12)/p-1. The molecule has 64 valence electrons. The smallest absolute Gasteiger partial charge is 0.147 e. The lowest BCUT2D eigenvalue weighted by Crippen LogP contribution is -2.22. The molecule has 2 N–H and O–H groups in total. The zero-order chi connectivity index (χ0) is 9.30. The number of carboxylic acid groups (broad SMARTS) is 1. The van der Waals surface area contributed by atoms with E-state index in [1.165, 1.54) is 0 Å². The van der Waals surface area contributed by atoms with Gasteiger partial charge in [0.25, 0.3) is 0 Å². The minimum absolute atomic E-state index is 0.221. The number of aromatic carboxylic acids is 1. The van der Waals surface area contributed by atoms with Crippen molar-refractivity contribution < 1.29 is 14.3 Å². The van der Waals surface area contributed by atoms with Gasteiger partial charge in [-0.25, -0.2) is 4.39 Å². The second-order valence-electron chi connectivity index (χ2n) is 2.14. The molecule has 1 aromatic carbocycles. The van der Waals surface area contributed by atoms with Crippen LogP contribution in [0.3, 0.4) is 0 Å². The molecule has 1 aromatic rings. The third-order valence-electron chi connectivity index (χ3n) is 1.31. The topological polar surface area (TPSA) is 66.2 Å². The minimum atomic E-state index is -1.48. The molecule has 0 aliphatic rings. The van der Waals surface area contributed by atoms with E-state index in [1.54, 1.807) is 0 Å². The lowest BCUT2D eigenvalue weighted by molar-refractivity contribution is -0.255. The van der Waals surface area contributed by atoms with Gasteiger partial charge in [0.1, 0.15) is 5.82 Å². The van der Waals surface area contributed by atoms with E-state index in [2.05, 4.69) is 0 Å². The van der Waals surface area contributed by atoms with E-state index in [4.69, 9.17) is 17.3 Å². The van der Waals surface area contributed by atoms with E-state index in [-0.39, 0.29) is 16.3 Å². The zero-order valence-electron chi connectivity index (χ0n) is 5.80. The Bertz CT molecular complexity index is 340. The first-order valence-electron chi connectivity index (χ1n) is 2.98. The van der Waals surface area contributed by atoms with Crippen LogP contribution in [0, 0.1) is 5.82 Å². The lowest BCUT2D eigenvalue weighted by atomic mass is 10.2. The Hall–Kier alpha value is -1.29. The maximum atomic E-state index is 12.6. The summed E-state index contributed by atoms with van der Waals surface area (Å²) < 4.78 is 12.6. The molecule has 0 spiro atoms. The fourth-order valence-corrected chi connectivity index (χ4v) is 0.950. The van der Waals surface area contributed by atoms with E-state index in [1.807, 2.05) is 0 Å². The van der Waals surface area contributed by atoms with E-state index in [9.17, 15) is 14.3 Å². The number of carbonyl (C=O) groups is 1. The molecule has 0 aliphatic heterocycles. The normalized spacial score (nSPS) is 9.83. The molecule has 5 heteroatoms. The second kappa shape index (κ2) is 2.98. The van der Waals surface area contributed by atoms with Gasteiger partial charge >= 0.3 is 0 Å². The summed E-state index contributed by atoms with van der Waals surface area (Å²) in [6.45, 7) is 0. The van der Waals surface area contributed by atoms with Gasteiger partial charge in [-0.3, -0.25) is 0 Å². The fourth-order valence-electron chi connectivity index (χ4n) is 0.722. The van der Waals surface area contributed by atoms with Crippen LogP contribution < -0.4 is 10.8 Å². The molecule has 0 bridgehead atoms. The highest BCUT2D eigenvalue weighted by molar-refractivity contribution is 6.33. The van der Waals surface area contributed by atoms with Crippen LogP contribution in [0.4, 0.5) is 10.1 Å². The number of nitrogens with two attached hydrogens (primary N) is 1. The summed E-state index contributed by atoms with van der Waals surface area (Å²) in [4.78, 5) is 10.3. The molecule has 0 saturated heterocycles. The lowest BCUT2D eigenvalue weighted by Gasteiger charge is -2.06. The average molecular weight is 189 g/mol. The summed E-state index contributed by atoms with van der Waals surface area (Å²) in [5, 5.41) is 10.1. The zero-order valence-corrected chi connectivity index (χ0v) is 6.56. The van der Waals surface area contributed by atoms with Crippen molar-refractivity contribution in [2.45, 2.75) is 0 Å². The van der Waals surface area contributed by atoms with Crippen LogP contribution in [0.25, 0.3) is 0 Å². The van der Waals surface area contributed by atoms with Crippen molar-refractivity contribution in [3.63, 3.8) is 0 Å². The molecule has 0 radical (unpaired) electrons. The Morgan fingerprint density at radius 2 is 2.17 bits per heavy atom. The first-order chi connectivity index (χ1) is 5.52. The Balaban J connectivity index is 3.33. The summed E-state index contributed by atoms with van der Waals surface area (Å²) in [5.74, 6) is -2.23. The third-order valence-corrected chi connectivity index (χ3v) is 1.62. The van der Waals surface area contributed by atoms with E-state index in [0.717, 1.165) is 12.1 Å². The van der Waals surface area contributed by atoms with Crippen LogP contribution in [0.5, 0.6) is 0 Å². The third kappa shape index (κ3) is 1.48. The number of carbonyl (C=O) groups excluding carboxylic acids is 1. The van der Waals surface area contributed by atoms with Crippen molar-refractivity contribution in [2.75, 3.05) is 5.73 Å². The maximum Gasteiger partial charge on any atom is 0.147 e. The van der Waals surface area contributed by atoms with Crippen LogP contribution in [-0.2, 0) is 0 Å². The molecule has 0 amide bonds. The van der Waals surface area contributed by atoms with Crippen LogP contribution in [-0.4, -0.2) is 5.97 Å². The Morgan fingerprint density at radius 3 is 2.67 bits per heavy atom. The number of hydrogen-bond donors (Lipinski definition) is 1. The van der Waals surface area contributed by atoms with Crippen molar-refractivity contribution in [1.29, 1.82) is 0 Å². The number of anilines is 1. The van der Waals surface area contributed by atoms with Gasteiger partial charge in [0, 0.05) is 5.56 Å². The Kier molecular flexibility index (Phi) is 2.19. The summed E-state index contributed by atoms with van der Waals surface area (Å²) in [6.07, 6.45) is 0. The highest BCUT2D eigenvalue weighted by atomic mass is 35.5. The molecule has 0 heterocycles. The summed E-state index contributed by atoms with van der Waals surface area (Å²) in [5.41, 5.74) is 4.53. The largest absolute Gasteiger partial charge is 0.545 e. The molecule has 0 aromatic heterocycles. The number of benzene rings is 1. The maximum absolute atomic E-state index is 12.6. The minimum Gasteiger partial charge on any atom is -0.545 e. The molecule has 1 rings (SSSR count). The highest BCUT2D eigenvalue weighted by Crippen LogP contribution is 2.21. The van der Waals surface area contributed by atoms with Crippen molar-refractivity contribution >= 4 is 23.3 Å². The molecule has 0 saturated carbocycles. The van der Waals surface area contributed by atoms with Crippen LogP contribution in [0.15, 0.2) is 12.1 Å². The predicted octanol–water partition coefficient (Wildman–Crippen LogP) is 0.425. The predicted molar refractivity (Wildman–Crippen MR) is 40.2 cm³/mol. The SMILES string of the molecule is Nc1cc(C(=O)[O-])c(Cl)cc1F. The molecular formula is C7H4ClFNO2-. The van der Waals surface area contributed by atoms with Crippen LogP contribution >= 0.6 is 11.6 Å². The van der Waals surface area contributed by atoms with E-state index >= 15 is 0 Å². The molecule has 3 nitrogen and oxygen atoms in total. The number of hydrogen-bond acceptors (Lipinski definition) is 3. The van der Waals surface area contributed by atoms with E-state index < -0.39 is 11.8 Å². The van der Waals surface area contributed by atoms with Crippen LogP contribution in [0.1, 0.15) is 10.4 Å². The van der Waals surface area contributed by atoms with Crippen molar-refractivity contribution in [2.24, 2.45) is 0 Å². The van der Waals surface area contributed by atoms with Crippen molar-refractivity contribution in [1.82, 2.24) is 0 Å². The van der Waals surface area contributed by atoms with Gasteiger partial charge in [0.05, 0.1) is 16.7 Å². The Labute approximate surface area is 72.6 Å². The summed E-state index contributed by atoms with van der Waals surface area (Å²) in [7, 11) is 0. The average Bonchev–Trinajstić information content (AvgIpc) is 1.96. The second-order valence-corrected chi connectivity index (χ2v) is 2.55. The molecular weight excluding hydrogens is 185 g/mol. The van der Waals surface area contributed by atoms with Crippen molar-refractivity contribution in [3.05, 3.63) is 28.5 Å². The number of halogens is 2. The monoisotopic (exact) mass is 188 g/mol. The van der Waals surface area contributed by atoms with Gasteiger partial charge < -0.3 is 15.6 Å². The number of rotatable bonds is 1. The molecule has 0 atom stereocenters. The van der Waals surface area contributed by atoms with Gasteiger partial charge in [-0.05, 0) is 12.1 Å². The van der Waals surface area contributed by atoms with Gasteiger partial charge in [-0.1, -0.05) is 11.6 Å². The van der Waals surface area contributed by atoms with Gasteiger partial charge in [-0.2, -0.15) is 0 Å². The molecule has 0 fully saturated rings. The number of nitrogen functional groups attached to an aromatic ring is 1. The van der Waals surface area contributed by atoms with Crippen molar-refractivity contribution in [3.8, 4) is 0 Å². The Morgan fingerprint density at radius 1 is 1.58 bits per heavy atom. The fraction of sp³-hybridized carbons (Fsp3) is 0. The van der Waals surface area contributed by atoms with Gasteiger partial charge in [0.2, 0.25) is 0 Å². The first kappa shape index (κ1) is 8.80. The van der Waals surface area contributed by atoms with Gasteiger partial charge in [0.15, 0.2) is 0 Å². The van der Waals surface area contributed by atoms with E-state index in [0.29, 0.717) is 0 Å². The molecule has 0 aliphatic carbocycles.